The zero-order chi connectivity index (χ0) is 18.6. The van der Waals surface area contributed by atoms with E-state index in [1.807, 2.05) is 0 Å². The number of hydrogen-bond donors (Lipinski definition) is 1. The van der Waals surface area contributed by atoms with E-state index in [2.05, 4.69) is 27.3 Å². The van der Waals surface area contributed by atoms with Gasteiger partial charge >= 0.3 is 0 Å². The van der Waals surface area contributed by atoms with E-state index in [1.54, 1.807) is 12.1 Å². The van der Waals surface area contributed by atoms with Crippen molar-refractivity contribution in [2.75, 3.05) is 19.6 Å². The predicted molar refractivity (Wildman–Crippen MR) is 106 cm³/mol. The molecule has 1 aliphatic carbocycles. The molecular weight excluding hydrogens is 416 g/mol. The van der Waals surface area contributed by atoms with Gasteiger partial charge in [-0.25, -0.2) is 8.42 Å². The Morgan fingerprint density at radius 3 is 2.62 bits per heavy atom. The molecule has 0 bridgehead atoms. The maximum Gasteiger partial charge on any atom is 0.252 e. The molecule has 0 saturated carbocycles. The molecule has 5 nitrogen and oxygen atoms in total. The van der Waals surface area contributed by atoms with Crippen molar-refractivity contribution in [2.45, 2.75) is 49.8 Å². The lowest BCUT2D eigenvalue weighted by Crippen LogP contribution is -2.29. The first-order valence-corrected chi connectivity index (χ1v) is 11.5. The summed E-state index contributed by atoms with van der Waals surface area (Å²) in [6.45, 7) is 1.67. The topological polar surface area (TPSA) is 66.5 Å². The first kappa shape index (κ1) is 19.6. The van der Waals surface area contributed by atoms with Crippen LogP contribution in [0.3, 0.4) is 0 Å². The highest BCUT2D eigenvalue weighted by Crippen LogP contribution is 2.26. The number of carbonyl (C=O) groups excluding carboxylic acids is 1. The standard InChI is InChI=1S/C19H25BrN2O3S/c20-18-9-8-16(26(24,25)22-12-4-5-13-22)14-17(18)19(23)21-11-10-15-6-2-1-3-7-15/h6,8-9,14H,1-5,7,10-13H2,(H,21,23). The summed E-state index contributed by atoms with van der Waals surface area (Å²) in [6, 6.07) is 4.68. The number of halogens is 1. The second-order valence-electron chi connectivity index (χ2n) is 6.87. The molecule has 3 rings (SSSR count). The van der Waals surface area contributed by atoms with E-state index >= 15 is 0 Å². The van der Waals surface area contributed by atoms with Gasteiger partial charge in [0.2, 0.25) is 10.0 Å². The number of benzene rings is 1. The number of nitrogens with zero attached hydrogens (tertiary/aromatic N) is 1. The van der Waals surface area contributed by atoms with E-state index in [1.165, 1.54) is 28.8 Å². The van der Waals surface area contributed by atoms with Crippen molar-refractivity contribution in [3.63, 3.8) is 0 Å². The van der Waals surface area contributed by atoms with Crippen molar-refractivity contribution in [3.05, 3.63) is 39.9 Å². The molecule has 26 heavy (non-hydrogen) atoms. The minimum atomic E-state index is -3.53. The molecule has 1 fully saturated rings. The summed E-state index contributed by atoms with van der Waals surface area (Å²) < 4.78 is 27.5. The van der Waals surface area contributed by atoms with E-state index in [4.69, 9.17) is 0 Å². The van der Waals surface area contributed by atoms with Crippen molar-refractivity contribution in [3.8, 4) is 0 Å². The largest absolute Gasteiger partial charge is 0.352 e. The predicted octanol–water partition coefficient (Wildman–Crippen LogP) is 3.85. The van der Waals surface area contributed by atoms with Gasteiger partial charge in [-0.15, -0.1) is 0 Å². The Labute approximate surface area is 164 Å². The summed E-state index contributed by atoms with van der Waals surface area (Å²) in [5.41, 5.74) is 1.77. The molecule has 1 saturated heterocycles. The molecule has 0 atom stereocenters. The molecule has 0 aromatic heterocycles. The second kappa shape index (κ2) is 8.67. The van der Waals surface area contributed by atoms with Crippen LogP contribution < -0.4 is 5.32 Å². The molecule has 0 unspecified atom stereocenters. The monoisotopic (exact) mass is 440 g/mol. The highest BCUT2D eigenvalue weighted by molar-refractivity contribution is 9.10. The normalized spacial score (nSPS) is 18.6. The summed E-state index contributed by atoms with van der Waals surface area (Å²) >= 11 is 3.37. The molecule has 7 heteroatoms. The van der Waals surface area contributed by atoms with Gasteiger partial charge in [0.25, 0.3) is 5.91 Å². The third kappa shape index (κ3) is 4.56. The molecular formula is C19H25BrN2O3S. The van der Waals surface area contributed by atoms with Crippen LogP contribution in [-0.4, -0.2) is 38.3 Å². The van der Waals surface area contributed by atoms with Crippen LogP contribution in [-0.2, 0) is 10.0 Å². The summed E-state index contributed by atoms with van der Waals surface area (Å²) in [7, 11) is -3.53. The lowest BCUT2D eigenvalue weighted by atomic mass is 9.97. The van der Waals surface area contributed by atoms with Gasteiger partial charge < -0.3 is 5.32 Å². The molecule has 0 spiro atoms. The van der Waals surface area contributed by atoms with Crippen molar-refractivity contribution >= 4 is 31.9 Å². The maximum atomic E-state index is 12.7. The number of nitrogens with one attached hydrogen (secondary N) is 1. The lowest BCUT2D eigenvalue weighted by molar-refractivity contribution is 0.0953. The quantitative estimate of drug-likeness (QED) is 0.682. The molecule has 142 valence electrons. The number of allylic oxidation sites excluding steroid dienone is 1. The fourth-order valence-electron chi connectivity index (χ4n) is 3.48. The summed E-state index contributed by atoms with van der Waals surface area (Å²) in [5, 5.41) is 2.92. The van der Waals surface area contributed by atoms with Crippen LogP contribution in [0, 0.1) is 0 Å². The van der Waals surface area contributed by atoms with Gasteiger partial charge in [-0.1, -0.05) is 11.6 Å². The van der Waals surface area contributed by atoms with Gasteiger partial charge in [0.15, 0.2) is 0 Å². The Bertz CT molecular complexity index is 799. The number of rotatable bonds is 6. The van der Waals surface area contributed by atoms with Crippen LogP contribution in [0.25, 0.3) is 0 Å². The first-order valence-electron chi connectivity index (χ1n) is 9.24. The molecule has 1 heterocycles. The average molecular weight is 441 g/mol. The van der Waals surface area contributed by atoms with Crippen LogP contribution in [0.15, 0.2) is 39.2 Å². The number of amides is 1. The van der Waals surface area contributed by atoms with E-state index in [0.29, 0.717) is 29.7 Å². The van der Waals surface area contributed by atoms with Crippen LogP contribution in [0.4, 0.5) is 0 Å². The summed E-state index contributed by atoms with van der Waals surface area (Å²) in [6.07, 6.45) is 9.62. The van der Waals surface area contributed by atoms with Crippen molar-refractivity contribution in [1.29, 1.82) is 0 Å². The highest BCUT2D eigenvalue weighted by Gasteiger charge is 2.28. The van der Waals surface area contributed by atoms with E-state index < -0.39 is 10.0 Å². The minimum absolute atomic E-state index is 0.183. The van der Waals surface area contributed by atoms with Gasteiger partial charge in [-0.2, -0.15) is 4.31 Å². The minimum Gasteiger partial charge on any atom is -0.352 e. The molecule has 2 aliphatic rings. The summed E-state index contributed by atoms with van der Waals surface area (Å²) in [5.74, 6) is -0.244. The zero-order valence-corrected chi connectivity index (χ0v) is 17.2. The Morgan fingerprint density at radius 1 is 1.15 bits per heavy atom. The van der Waals surface area contributed by atoms with Crippen molar-refractivity contribution in [1.82, 2.24) is 9.62 Å². The zero-order valence-electron chi connectivity index (χ0n) is 14.8. The Morgan fingerprint density at radius 2 is 1.92 bits per heavy atom. The SMILES string of the molecule is O=C(NCCC1=CCCCC1)c1cc(S(=O)(=O)N2CCCC2)ccc1Br. The third-order valence-electron chi connectivity index (χ3n) is 5.00. The van der Waals surface area contributed by atoms with Gasteiger partial charge in [0.05, 0.1) is 10.5 Å². The summed E-state index contributed by atoms with van der Waals surface area (Å²) in [4.78, 5) is 12.7. The number of carbonyl (C=O) groups is 1. The highest BCUT2D eigenvalue weighted by atomic mass is 79.9. The molecule has 1 amide bonds. The fourth-order valence-corrected chi connectivity index (χ4v) is 5.45. The number of sulfonamides is 1. The van der Waals surface area contributed by atoms with Crippen LogP contribution in [0.1, 0.15) is 55.3 Å². The van der Waals surface area contributed by atoms with Gasteiger partial charge in [0.1, 0.15) is 0 Å². The Balaban J connectivity index is 1.68. The van der Waals surface area contributed by atoms with Gasteiger partial charge in [-0.05, 0) is 79.1 Å². The van der Waals surface area contributed by atoms with E-state index in [0.717, 1.165) is 32.1 Å². The van der Waals surface area contributed by atoms with E-state index in [9.17, 15) is 13.2 Å². The Kier molecular flexibility index (Phi) is 6.53. The molecule has 1 N–H and O–H groups in total. The van der Waals surface area contributed by atoms with Crippen molar-refractivity contribution < 1.29 is 13.2 Å². The lowest BCUT2D eigenvalue weighted by Gasteiger charge is -2.17. The van der Waals surface area contributed by atoms with Crippen LogP contribution >= 0.6 is 15.9 Å². The molecule has 1 aromatic rings. The van der Waals surface area contributed by atoms with Gasteiger partial charge in [-0.3, -0.25) is 4.79 Å². The smallest absolute Gasteiger partial charge is 0.252 e. The number of hydrogen-bond acceptors (Lipinski definition) is 3. The van der Waals surface area contributed by atoms with E-state index in [-0.39, 0.29) is 10.8 Å². The second-order valence-corrected chi connectivity index (χ2v) is 9.66. The van der Waals surface area contributed by atoms with Crippen LogP contribution in [0.5, 0.6) is 0 Å². The fraction of sp³-hybridized carbons (Fsp3) is 0.526. The molecule has 0 radical (unpaired) electrons. The van der Waals surface area contributed by atoms with Gasteiger partial charge in [0, 0.05) is 24.1 Å². The third-order valence-corrected chi connectivity index (χ3v) is 7.59. The average Bonchev–Trinajstić information content (AvgIpc) is 3.18. The maximum absolute atomic E-state index is 12.7. The molecule has 1 aromatic carbocycles. The molecule has 1 aliphatic heterocycles. The first-order chi connectivity index (χ1) is 12.5. The van der Waals surface area contributed by atoms with Crippen molar-refractivity contribution in [2.24, 2.45) is 0 Å². The Hall–Kier alpha value is -1.18. The van der Waals surface area contributed by atoms with Crippen LogP contribution in [0.2, 0.25) is 0 Å².